The van der Waals surface area contributed by atoms with Crippen LogP contribution in [-0.2, 0) is 63.9 Å². The Bertz CT molecular complexity index is 2410. The standard InChI is InChI=1S/C60H98N10O13/c1-18-35(14)47-56(78)64-44(32(8)9)53(75)62-41(29-39-26-22-21-23-27-39)52(74)61-40(20-3)51(73)66-46(34(12)13)60(82)83-38(17)50(59(81)68-47)70-57(79)48(36(15)19-2)67-55(77)45(33(10)11)65-58(80)49(37(16)71)69-54(76)43(31(6)7)63-42(72)28-24-25-30(4)5/h20-23,26-27,30-38,41,43-50,71H,18-19,24-25,28-29H2,1-17H3,(H,61,74)(H,62,75)(H,63,72)(H,64,78)(H,65,80)(H,66,73)(H,67,77)(H,68,81)(H,69,76)(H,70,79)/b40-20-/t35-,36-,37-,38+,41+,43-,44-,45+,46+,47-,48-,49+,50-/m1/s1. The smallest absolute Gasteiger partial charge is 0.329 e. The fraction of sp³-hybridized carbons (Fsp3) is 0.683. The molecule has 1 aromatic carbocycles. The third-order valence-electron chi connectivity index (χ3n) is 14.9. The van der Waals surface area contributed by atoms with E-state index in [2.05, 4.69) is 53.2 Å². The number of hydrogen-bond acceptors (Lipinski definition) is 13. The maximum absolute atomic E-state index is 14.9. The third-order valence-corrected chi connectivity index (χ3v) is 14.9. The maximum atomic E-state index is 14.9. The Balaban J connectivity index is 2.67. The Morgan fingerprint density at radius 3 is 1.64 bits per heavy atom. The van der Waals surface area contributed by atoms with Gasteiger partial charge in [0, 0.05) is 12.8 Å². The molecule has 1 aliphatic heterocycles. The number of esters is 1. The van der Waals surface area contributed by atoms with E-state index in [1.165, 1.54) is 26.8 Å². The highest BCUT2D eigenvalue weighted by Crippen LogP contribution is 2.18. The van der Waals surface area contributed by atoms with E-state index in [0.717, 1.165) is 6.42 Å². The van der Waals surface area contributed by atoms with Crippen molar-refractivity contribution in [1.82, 2.24) is 53.2 Å². The van der Waals surface area contributed by atoms with Crippen LogP contribution in [0.5, 0.6) is 0 Å². The molecule has 0 aromatic heterocycles. The predicted molar refractivity (Wildman–Crippen MR) is 314 cm³/mol. The van der Waals surface area contributed by atoms with Crippen molar-refractivity contribution in [2.24, 2.45) is 41.4 Å². The van der Waals surface area contributed by atoms with Crippen LogP contribution in [0.15, 0.2) is 42.1 Å². The van der Waals surface area contributed by atoms with Gasteiger partial charge >= 0.3 is 5.97 Å². The topological polar surface area (TPSA) is 338 Å². The largest absolute Gasteiger partial charge is 0.458 e. The number of rotatable bonds is 24. The van der Waals surface area contributed by atoms with Crippen LogP contribution in [0.1, 0.15) is 155 Å². The molecule has 1 heterocycles. The molecular formula is C60H98N10O13. The van der Waals surface area contributed by atoms with Gasteiger partial charge in [0.1, 0.15) is 66.2 Å². The minimum atomic E-state index is -1.79. The Hall–Kier alpha value is -6.91. The van der Waals surface area contributed by atoms with Crippen molar-refractivity contribution in [3.05, 3.63) is 47.7 Å². The number of aliphatic hydroxyl groups excluding tert-OH is 1. The lowest BCUT2D eigenvalue weighted by atomic mass is 9.94. The summed E-state index contributed by atoms with van der Waals surface area (Å²) in [6.45, 7) is 28.3. The number of ether oxygens (including phenoxy) is 1. The second-order valence-electron chi connectivity index (χ2n) is 23.8. The quantitative estimate of drug-likeness (QED) is 0.0524. The van der Waals surface area contributed by atoms with Crippen LogP contribution < -0.4 is 53.2 Å². The second-order valence-corrected chi connectivity index (χ2v) is 23.8. The minimum absolute atomic E-state index is 0.0170. The number of nitrogens with one attached hydrogen (secondary N) is 10. The summed E-state index contributed by atoms with van der Waals surface area (Å²) in [5, 5.41) is 37.5. The molecule has 0 bridgehead atoms. The normalized spacial score (nSPS) is 22.9. The van der Waals surface area contributed by atoms with Crippen molar-refractivity contribution < 1.29 is 62.6 Å². The van der Waals surface area contributed by atoms with Crippen LogP contribution in [0.2, 0.25) is 0 Å². The summed E-state index contributed by atoms with van der Waals surface area (Å²) in [5.74, 6) is -12.2. The molecule has 11 N–H and O–H groups in total. The van der Waals surface area contributed by atoms with Gasteiger partial charge < -0.3 is 63.0 Å². The molecule has 2 rings (SSSR count). The molecule has 466 valence electrons. The molecular weight excluding hydrogens is 1070 g/mol. The fourth-order valence-corrected chi connectivity index (χ4v) is 9.03. The molecule has 10 amide bonds. The lowest BCUT2D eigenvalue weighted by Crippen LogP contribution is -2.64. The van der Waals surface area contributed by atoms with E-state index in [0.29, 0.717) is 24.3 Å². The first-order chi connectivity index (χ1) is 38.8. The molecule has 0 saturated carbocycles. The zero-order valence-electron chi connectivity index (χ0n) is 51.9. The van der Waals surface area contributed by atoms with Crippen molar-refractivity contribution in [3.8, 4) is 0 Å². The number of carbonyl (C=O) groups is 11. The summed E-state index contributed by atoms with van der Waals surface area (Å²) in [7, 11) is 0. The van der Waals surface area contributed by atoms with Crippen LogP contribution in [0.3, 0.4) is 0 Å². The van der Waals surface area contributed by atoms with E-state index >= 15 is 0 Å². The Morgan fingerprint density at radius 1 is 0.614 bits per heavy atom. The van der Waals surface area contributed by atoms with Crippen molar-refractivity contribution in [2.45, 2.75) is 223 Å². The average molecular weight is 1170 g/mol. The summed E-state index contributed by atoms with van der Waals surface area (Å²) in [6.07, 6.45) is 0.501. The lowest BCUT2D eigenvalue weighted by Gasteiger charge is -2.33. The summed E-state index contributed by atoms with van der Waals surface area (Å²) in [6, 6.07) is -3.72. The molecule has 0 unspecified atom stereocenters. The van der Waals surface area contributed by atoms with E-state index in [1.807, 2.05) is 13.8 Å². The van der Waals surface area contributed by atoms with Crippen LogP contribution in [0.4, 0.5) is 0 Å². The SMILES string of the molecule is C/C=C1\NC(=O)[C@H](Cc2ccccc2)NC(=O)[C@@H](C(C)C)NC(=O)[C@@H]([C@H](C)CC)NC(=O)[C@H](NC(=O)[C@H](NC(=O)[C@@H](NC(=O)[C@@H](NC(=O)[C@H](NC(=O)CCCC(C)C)C(C)C)[C@@H](C)O)C(C)C)[C@H](C)CC)[C@H](C)OC(=O)[C@H](C(C)C)NC1=O. The van der Waals surface area contributed by atoms with Crippen molar-refractivity contribution in [2.75, 3.05) is 0 Å². The predicted octanol–water partition coefficient (Wildman–Crippen LogP) is 2.48. The lowest BCUT2D eigenvalue weighted by molar-refractivity contribution is -0.157. The van der Waals surface area contributed by atoms with Gasteiger partial charge in [0.15, 0.2) is 0 Å². The number of cyclic esters (lactones) is 1. The van der Waals surface area contributed by atoms with Gasteiger partial charge in [-0.15, -0.1) is 0 Å². The second kappa shape index (κ2) is 34.6. The Kier molecular flexibility index (Phi) is 30.1. The average Bonchev–Trinajstić information content (AvgIpc) is 3.50. The van der Waals surface area contributed by atoms with Crippen LogP contribution >= 0.6 is 0 Å². The summed E-state index contributed by atoms with van der Waals surface area (Å²) in [4.78, 5) is 156. The number of amides is 10. The Labute approximate surface area is 491 Å². The number of carbonyl (C=O) groups excluding carboxylic acids is 11. The minimum Gasteiger partial charge on any atom is -0.458 e. The highest BCUT2D eigenvalue weighted by atomic mass is 16.5. The van der Waals surface area contributed by atoms with Crippen molar-refractivity contribution in [3.63, 3.8) is 0 Å². The van der Waals surface area contributed by atoms with Crippen molar-refractivity contribution in [1.29, 1.82) is 0 Å². The first-order valence-electron chi connectivity index (χ1n) is 29.4. The molecule has 23 nitrogen and oxygen atoms in total. The molecule has 0 radical (unpaired) electrons. The monoisotopic (exact) mass is 1170 g/mol. The van der Waals surface area contributed by atoms with Gasteiger partial charge in [-0.25, -0.2) is 4.79 Å². The van der Waals surface area contributed by atoms with Gasteiger partial charge in [-0.1, -0.05) is 153 Å². The molecule has 1 aliphatic rings. The van der Waals surface area contributed by atoms with E-state index < -0.39 is 161 Å². The van der Waals surface area contributed by atoms with Crippen molar-refractivity contribution >= 4 is 65.0 Å². The first-order valence-corrected chi connectivity index (χ1v) is 29.4. The number of aliphatic hydroxyl groups is 1. The van der Waals surface area contributed by atoms with E-state index in [9.17, 15) is 57.8 Å². The van der Waals surface area contributed by atoms with Gasteiger partial charge in [0.05, 0.1) is 6.10 Å². The van der Waals surface area contributed by atoms with Gasteiger partial charge in [-0.05, 0) is 74.2 Å². The highest BCUT2D eigenvalue weighted by molar-refractivity contribution is 6.02. The van der Waals surface area contributed by atoms with Gasteiger partial charge in [0.25, 0.3) is 5.91 Å². The molecule has 1 aromatic rings. The first kappa shape index (κ1) is 72.2. The highest BCUT2D eigenvalue weighted by Gasteiger charge is 2.42. The van der Waals surface area contributed by atoms with E-state index in [1.54, 1.807) is 113 Å². The third kappa shape index (κ3) is 22.6. The molecule has 0 spiro atoms. The number of hydrogen-bond donors (Lipinski definition) is 11. The van der Waals surface area contributed by atoms with E-state index in [4.69, 9.17) is 4.74 Å². The number of allylic oxidation sites excluding steroid dienone is 1. The van der Waals surface area contributed by atoms with E-state index in [-0.39, 0.29) is 30.9 Å². The molecule has 1 fully saturated rings. The van der Waals surface area contributed by atoms with Crippen LogP contribution in [0, 0.1) is 41.4 Å². The van der Waals surface area contributed by atoms with Gasteiger partial charge in [-0.3, -0.25) is 47.9 Å². The molecule has 0 aliphatic carbocycles. The van der Waals surface area contributed by atoms with Crippen LogP contribution in [-0.4, -0.2) is 137 Å². The summed E-state index contributed by atoms with van der Waals surface area (Å²) in [5.41, 5.74) is 0.401. The Morgan fingerprint density at radius 2 is 1.13 bits per heavy atom. The summed E-state index contributed by atoms with van der Waals surface area (Å²) >= 11 is 0. The molecule has 83 heavy (non-hydrogen) atoms. The maximum Gasteiger partial charge on any atom is 0.329 e. The zero-order chi connectivity index (χ0) is 63.2. The molecule has 1 saturated heterocycles. The van der Waals surface area contributed by atoms with Crippen LogP contribution in [0.25, 0.3) is 0 Å². The van der Waals surface area contributed by atoms with Gasteiger partial charge in [0.2, 0.25) is 53.2 Å². The van der Waals surface area contributed by atoms with Gasteiger partial charge in [-0.2, -0.15) is 0 Å². The summed E-state index contributed by atoms with van der Waals surface area (Å²) < 4.78 is 5.91. The molecule has 13 atom stereocenters. The number of benzene rings is 1. The zero-order valence-corrected chi connectivity index (χ0v) is 51.9. The fourth-order valence-electron chi connectivity index (χ4n) is 9.03. The molecule has 23 heteroatoms.